The normalized spacial score (nSPS) is 18.6. The van der Waals surface area contributed by atoms with Gasteiger partial charge in [-0.15, -0.1) is 0 Å². The molecule has 0 radical (unpaired) electrons. The second-order valence-corrected chi connectivity index (χ2v) is 4.40. The van der Waals surface area contributed by atoms with Gasteiger partial charge in [0.15, 0.2) is 0 Å². The van der Waals surface area contributed by atoms with E-state index in [2.05, 4.69) is 4.90 Å². The lowest BCUT2D eigenvalue weighted by Crippen LogP contribution is -2.37. The lowest BCUT2D eigenvalue weighted by Gasteiger charge is -2.22. The van der Waals surface area contributed by atoms with Gasteiger partial charge in [-0.3, -0.25) is 0 Å². The molecule has 16 heavy (non-hydrogen) atoms. The molecule has 0 atom stereocenters. The van der Waals surface area contributed by atoms with Gasteiger partial charge in [0.1, 0.15) is 0 Å². The quantitative estimate of drug-likeness (QED) is 0.765. The monoisotopic (exact) mass is 229 g/mol. The van der Waals surface area contributed by atoms with E-state index >= 15 is 0 Å². The Morgan fingerprint density at radius 2 is 2.06 bits per heavy atom. The average molecular weight is 229 g/mol. The van der Waals surface area contributed by atoms with E-state index in [-0.39, 0.29) is 12.2 Å². The predicted octanol–water partition coefficient (Wildman–Crippen LogP) is 0.498. The van der Waals surface area contributed by atoms with E-state index in [1.54, 1.807) is 4.90 Å². The summed E-state index contributed by atoms with van der Waals surface area (Å²) in [5, 5.41) is 0. The molecular formula is C11H23N3O2. The molecule has 1 rings (SSSR count). The fourth-order valence-corrected chi connectivity index (χ4v) is 1.84. The summed E-state index contributed by atoms with van der Waals surface area (Å²) in [4.78, 5) is 15.8. The molecule has 1 amide bonds. The van der Waals surface area contributed by atoms with Crippen molar-refractivity contribution in [3.8, 4) is 0 Å². The number of nitrogens with zero attached hydrogens (tertiary/aromatic N) is 2. The summed E-state index contributed by atoms with van der Waals surface area (Å²) in [6.07, 6.45) is 0.758. The summed E-state index contributed by atoms with van der Waals surface area (Å²) < 4.78 is 5.18. The Bertz CT molecular complexity index is 221. The van der Waals surface area contributed by atoms with Crippen molar-refractivity contribution in [2.45, 2.75) is 26.4 Å². The van der Waals surface area contributed by atoms with Crippen LogP contribution in [0.3, 0.4) is 0 Å². The molecule has 5 heteroatoms. The zero-order chi connectivity index (χ0) is 12.0. The van der Waals surface area contributed by atoms with Crippen molar-refractivity contribution >= 4 is 6.09 Å². The lowest BCUT2D eigenvalue weighted by atomic mass is 10.4. The highest BCUT2D eigenvalue weighted by atomic mass is 16.6. The molecule has 0 unspecified atom stereocenters. The number of carbonyl (C=O) groups is 1. The van der Waals surface area contributed by atoms with Crippen LogP contribution in [0, 0.1) is 0 Å². The molecule has 0 saturated carbocycles. The molecule has 1 aliphatic heterocycles. The third-order valence-electron chi connectivity index (χ3n) is 2.63. The van der Waals surface area contributed by atoms with E-state index in [4.69, 9.17) is 10.5 Å². The Morgan fingerprint density at radius 3 is 2.69 bits per heavy atom. The number of amides is 1. The van der Waals surface area contributed by atoms with Gasteiger partial charge in [0.25, 0.3) is 0 Å². The second-order valence-electron chi connectivity index (χ2n) is 4.40. The van der Waals surface area contributed by atoms with Gasteiger partial charge in [0.2, 0.25) is 0 Å². The second kappa shape index (κ2) is 6.70. The highest BCUT2D eigenvalue weighted by Crippen LogP contribution is 2.05. The van der Waals surface area contributed by atoms with Crippen LogP contribution in [-0.2, 0) is 4.74 Å². The Morgan fingerprint density at radius 1 is 1.31 bits per heavy atom. The lowest BCUT2D eigenvalue weighted by molar-refractivity contribution is 0.0778. The molecule has 0 bridgehead atoms. The maximum atomic E-state index is 11.7. The summed E-state index contributed by atoms with van der Waals surface area (Å²) in [6.45, 7) is 8.77. The van der Waals surface area contributed by atoms with Crippen molar-refractivity contribution < 1.29 is 9.53 Å². The van der Waals surface area contributed by atoms with E-state index in [9.17, 15) is 4.79 Å². The first kappa shape index (κ1) is 13.3. The van der Waals surface area contributed by atoms with E-state index in [0.717, 1.165) is 39.1 Å². The smallest absolute Gasteiger partial charge is 0.410 e. The van der Waals surface area contributed by atoms with Crippen molar-refractivity contribution in [2.75, 3.05) is 39.3 Å². The summed E-state index contributed by atoms with van der Waals surface area (Å²) in [5.41, 5.74) is 5.52. The Kier molecular flexibility index (Phi) is 5.55. The minimum atomic E-state index is -0.190. The van der Waals surface area contributed by atoms with Crippen LogP contribution in [0.25, 0.3) is 0 Å². The van der Waals surface area contributed by atoms with Gasteiger partial charge in [-0.25, -0.2) is 4.79 Å². The van der Waals surface area contributed by atoms with E-state index in [0.29, 0.717) is 6.54 Å². The van der Waals surface area contributed by atoms with Crippen LogP contribution in [0.4, 0.5) is 4.79 Å². The van der Waals surface area contributed by atoms with Gasteiger partial charge >= 0.3 is 6.09 Å². The van der Waals surface area contributed by atoms with Gasteiger partial charge in [0.05, 0.1) is 6.10 Å². The van der Waals surface area contributed by atoms with Crippen LogP contribution in [0.15, 0.2) is 0 Å². The topological polar surface area (TPSA) is 58.8 Å². The largest absolute Gasteiger partial charge is 0.447 e. The molecule has 0 aromatic rings. The van der Waals surface area contributed by atoms with Gasteiger partial charge in [0, 0.05) is 32.7 Å². The molecule has 0 aromatic carbocycles. The van der Waals surface area contributed by atoms with Gasteiger partial charge < -0.3 is 20.3 Å². The van der Waals surface area contributed by atoms with Crippen LogP contribution in [-0.4, -0.2) is 61.3 Å². The highest BCUT2D eigenvalue weighted by Gasteiger charge is 2.20. The first-order valence-electron chi connectivity index (χ1n) is 6.01. The van der Waals surface area contributed by atoms with Crippen molar-refractivity contribution in [2.24, 2.45) is 5.73 Å². The number of rotatable bonds is 3. The molecule has 2 N–H and O–H groups in total. The van der Waals surface area contributed by atoms with Gasteiger partial charge in [-0.1, -0.05) is 0 Å². The number of hydrogen-bond donors (Lipinski definition) is 1. The molecule has 1 fully saturated rings. The highest BCUT2D eigenvalue weighted by molar-refractivity contribution is 5.67. The van der Waals surface area contributed by atoms with Crippen molar-refractivity contribution in [3.05, 3.63) is 0 Å². The van der Waals surface area contributed by atoms with E-state index < -0.39 is 0 Å². The van der Waals surface area contributed by atoms with Gasteiger partial charge in [-0.05, 0) is 26.8 Å². The third kappa shape index (κ3) is 4.37. The summed E-state index contributed by atoms with van der Waals surface area (Å²) in [6, 6.07) is 0. The average Bonchev–Trinajstić information content (AvgIpc) is 2.43. The molecule has 0 aromatic heterocycles. The molecular weight excluding hydrogens is 206 g/mol. The van der Waals surface area contributed by atoms with Crippen LogP contribution < -0.4 is 5.73 Å². The number of ether oxygens (including phenoxy) is 1. The minimum absolute atomic E-state index is 0.0455. The Labute approximate surface area is 97.5 Å². The van der Waals surface area contributed by atoms with Crippen LogP contribution >= 0.6 is 0 Å². The first-order valence-corrected chi connectivity index (χ1v) is 6.01. The third-order valence-corrected chi connectivity index (χ3v) is 2.63. The molecule has 0 aliphatic carbocycles. The van der Waals surface area contributed by atoms with Crippen LogP contribution in [0.1, 0.15) is 20.3 Å². The fraction of sp³-hybridized carbons (Fsp3) is 0.909. The molecule has 5 nitrogen and oxygen atoms in total. The van der Waals surface area contributed by atoms with Gasteiger partial charge in [-0.2, -0.15) is 0 Å². The maximum absolute atomic E-state index is 11.7. The number of nitrogens with two attached hydrogens (primary N) is 1. The van der Waals surface area contributed by atoms with Crippen molar-refractivity contribution in [1.82, 2.24) is 9.80 Å². The Hall–Kier alpha value is -0.810. The molecule has 1 saturated heterocycles. The zero-order valence-corrected chi connectivity index (χ0v) is 10.3. The minimum Gasteiger partial charge on any atom is -0.447 e. The molecule has 1 heterocycles. The molecule has 1 aliphatic rings. The SMILES string of the molecule is CC(C)OC(=O)N1CCCN(CCN)CC1. The van der Waals surface area contributed by atoms with Crippen LogP contribution in [0.2, 0.25) is 0 Å². The molecule has 94 valence electrons. The molecule has 0 spiro atoms. The zero-order valence-electron chi connectivity index (χ0n) is 10.3. The number of hydrogen-bond acceptors (Lipinski definition) is 4. The first-order chi connectivity index (χ1) is 7.63. The maximum Gasteiger partial charge on any atom is 0.410 e. The number of carbonyl (C=O) groups excluding carboxylic acids is 1. The predicted molar refractivity (Wildman–Crippen MR) is 63.3 cm³/mol. The van der Waals surface area contributed by atoms with Crippen molar-refractivity contribution in [3.63, 3.8) is 0 Å². The summed E-state index contributed by atoms with van der Waals surface area (Å²) >= 11 is 0. The summed E-state index contributed by atoms with van der Waals surface area (Å²) in [5.74, 6) is 0. The van der Waals surface area contributed by atoms with Crippen molar-refractivity contribution in [1.29, 1.82) is 0 Å². The fourth-order valence-electron chi connectivity index (χ4n) is 1.84. The standard InChI is InChI=1S/C11H23N3O2/c1-10(2)16-11(15)14-6-3-5-13(7-4-12)8-9-14/h10H,3-9,12H2,1-2H3. The summed E-state index contributed by atoms with van der Waals surface area (Å²) in [7, 11) is 0. The Balaban J connectivity index is 2.37. The van der Waals surface area contributed by atoms with Crippen LogP contribution in [0.5, 0.6) is 0 Å². The van der Waals surface area contributed by atoms with E-state index in [1.807, 2.05) is 13.8 Å². The van der Waals surface area contributed by atoms with E-state index in [1.165, 1.54) is 0 Å².